The van der Waals surface area contributed by atoms with Gasteiger partial charge in [-0.15, -0.1) is 5.10 Å². The topological polar surface area (TPSA) is 110 Å². The maximum absolute atomic E-state index is 14.2. The van der Waals surface area contributed by atoms with Gasteiger partial charge in [0.05, 0.1) is 4.90 Å². The van der Waals surface area contributed by atoms with Crippen molar-refractivity contribution in [3.05, 3.63) is 59.1 Å². The summed E-state index contributed by atoms with van der Waals surface area (Å²) in [6.07, 6.45) is 0.748. The van der Waals surface area contributed by atoms with Crippen LogP contribution in [0.3, 0.4) is 0 Å². The minimum absolute atomic E-state index is 0.120. The van der Waals surface area contributed by atoms with Crippen LogP contribution in [0.15, 0.2) is 47.4 Å². The smallest absolute Gasteiger partial charge is 0.243 e. The zero-order chi connectivity index (χ0) is 22.9. The standard InChI is InChI=1S/C20H20ClFN6O3S/c1-13-24-25-26-28(13)19-12-16(4-7-18(19)22)23-20(29)14-8-10-27(11-9-14)32(30,31)17-5-2-15(21)3-6-17/h2-7,12,14H,8-11H2,1H3,(H,23,29). The first kappa shape index (κ1) is 22.3. The Morgan fingerprint density at radius 3 is 2.47 bits per heavy atom. The highest BCUT2D eigenvalue weighted by Gasteiger charge is 2.32. The second kappa shape index (κ2) is 8.93. The first-order valence-electron chi connectivity index (χ1n) is 9.87. The number of hydrogen-bond acceptors (Lipinski definition) is 6. The molecule has 1 amide bonds. The van der Waals surface area contributed by atoms with Crippen LogP contribution in [0.25, 0.3) is 5.69 Å². The van der Waals surface area contributed by atoms with Crippen LogP contribution < -0.4 is 5.32 Å². The first-order valence-corrected chi connectivity index (χ1v) is 11.7. The Morgan fingerprint density at radius 2 is 1.84 bits per heavy atom. The average Bonchev–Trinajstić information content (AvgIpc) is 3.21. The second-order valence-corrected chi connectivity index (χ2v) is 9.80. The summed E-state index contributed by atoms with van der Waals surface area (Å²) in [5.74, 6) is -0.741. The number of sulfonamides is 1. The number of carbonyl (C=O) groups is 1. The maximum atomic E-state index is 14.2. The second-order valence-electron chi connectivity index (χ2n) is 7.43. The monoisotopic (exact) mass is 478 g/mol. The number of anilines is 1. The molecule has 12 heteroatoms. The lowest BCUT2D eigenvalue weighted by Crippen LogP contribution is -2.41. The lowest BCUT2D eigenvalue weighted by atomic mass is 9.97. The Bertz CT molecular complexity index is 1240. The van der Waals surface area contributed by atoms with E-state index in [1.165, 1.54) is 51.5 Å². The Morgan fingerprint density at radius 1 is 1.16 bits per heavy atom. The number of aromatic nitrogens is 4. The van der Waals surface area contributed by atoms with Crippen molar-refractivity contribution >= 4 is 33.2 Å². The fourth-order valence-electron chi connectivity index (χ4n) is 3.57. The highest BCUT2D eigenvalue weighted by molar-refractivity contribution is 7.89. The van der Waals surface area contributed by atoms with Gasteiger partial charge in [-0.3, -0.25) is 4.79 Å². The van der Waals surface area contributed by atoms with E-state index in [4.69, 9.17) is 11.6 Å². The summed E-state index contributed by atoms with van der Waals surface area (Å²) in [4.78, 5) is 12.9. The molecule has 0 aliphatic carbocycles. The summed E-state index contributed by atoms with van der Waals surface area (Å²) >= 11 is 5.84. The Balaban J connectivity index is 1.41. The molecule has 32 heavy (non-hydrogen) atoms. The summed E-state index contributed by atoms with van der Waals surface area (Å²) in [5.41, 5.74) is 0.520. The Hall–Kier alpha value is -2.89. The van der Waals surface area contributed by atoms with Crippen LogP contribution in [0.4, 0.5) is 10.1 Å². The van der Waals surface area contributed by atoms with E-state index < -0.39 is 15.8 Å². The fourth-order valence-corrected chi connectivity index (χ4v) is 5.16. The summed E-state index contributed by atoms with van der Waals surface area (Å²) in [7, 11) is -3.65. The molecule has 1 aromatic heterocycles. The molecule has 1 aliphatic rings. The van der Waals surface area contributed by atoms with E-state index in [1.807, 2.05) is 0 Å². The van der Waals surface area contributed by atoms with Gasteiger partial charge in [0.15, 0.2) is 5.82 Å². The van der Waals surface area contributed by atoms with Crippen molar-refractivity contribution in [2.45, 2.75) is 24.7 Å². The lowest BCUT2D eigenvalue weighted by Gasteiger charge is -2.30. The maximum Gasteiger partial charge on any atom is 0.243 e. The number of hydrogen-bond donors (Lipinski definition) is 1. The van der Waals surface area contributed by atoms with Crippen LogP contribution in [-0.4, -0.2) is 51.9 Å². The van der Waals surface area contributed by atoms with Crippen molar-refractivity contribution in [1.29, 1.82) is 0 Å². The van der Waals surface area contributed by atoms with E-state index >= 15 is 0 Å². The number of benzene rings is 2. The van der Waals surface area contributed by atoms with Gasteiger partial charge in [0.2, 0.25) is 15.9 Å². The van der Waals surface area contributed by atoms with Crippen LogP contribution in [0.1, 0.15) is 18.7 Å². The number of tetrazole rings is 1. The van der Waals surface area contributed by atoms with Crippen LogP contribution >= 0.6 is 11.6 Å². The van der Waals surface area contributed by atoms with E-state index in [0.717, 1.165) is 0 Å². The van der Waals surface area contributed by atoms with E-state index in [0.29, 0.717) is 29.4 Å². The van der Waals surface area contributed by atoms with Gasteiger partial charge in [-0.25, -0.2) is 12.8 Å². The highest BCUT2D eigenvalue weighted by Crippen LogP contribution is 2.26. The highest BCUT2D eigenvalue weighted by atomic mass is 35.5. The van der Waals surface area contributed by atoms with Gasteiger partial charge >= 0.3 is 0 Å². The van der Waals surface area contributed by atoms with E-state index in [9.17, 15) is 17.6 Å². The van der Waals surface area contributed by atoms with Gasteiger partial charge < -0.3 is 5.32 Å². The molecule has 9 nitrogen and oxygen atoms in total. The predicted octanol–water partition coefficient (Wildman–Crippen LogP) is 2.80. The lowest BCUT2D eigenvalue weighted by molar-refractivity contribution is -0.120. The zero-order valence-corrected chi connectivity index (χ0v) is 18.6. The molecule has 2 heterocycles. The van der Waals surface area contributed by atoms with Gasteiger partial charge in [-0.1, -0.05) is 11.6 Å². The molecule has 4 rings (SSSR count). The van der Waals surface area contributed by atoms with Gasteiger partial charge in [0.25, 0.3) is 0 Å². The number of amides is 1. The third kappa shape index (κ3) is 4.50. The molecular formula is C20H20ClFN6O3S. The molecular weight excluding hydrogens is 459 g/mol. The number of nitrogens with one attached hydrogen (secondary N) is 1. The Labute approximate surface area is 189 Å². The normalized spacial score (nSPS) is 15.6. The SMILES string of the molecule is Cc1nnnn1-c1cc(NC(=O)C2CCN(S(=O)(=O)c3ccc(Cl)cc3)CC2)ccc1F. The number of aryl methyl sites for hydroxylation is 1. The van der Waals surface area contributed by atoms with Crippen molar-refractivity contribution in [2.24, 2.45) is 5.92 Å². The molecule has 1 N–H and O–H groups in total. The molecule has 1 saturated heterocycles. The van der Waals surface area contributed by atoms with Crippen LogP contribution in [0, 0.1) is 18.7 Å². The van der Waals surface area contributed by atoms with Gasteiger partial charge in [0, 0.05) is 29.7 Å². The van der Waals surface area contributed by atoms with Crippen LogP contribution in [-0.2, 0) is 14.8 Å². The van der Waals surface area contributed by atoms with Gasteiger partial charge in [-0.05, 0) is 72.7 Å². The van der Waals surface area contributed by atoms with Crippen LogP contribution in [0.2, 0.25) is 5.02 Å². The van der Waals surface area contributed by atoms with E-state index in [-0.39, 0.29) is 35.5 Å². The molecule has 168 valence electrons. The Kier molecular flexibility index (Phi) is 6.22. The fraction of sp³-hybridized carbons (Fsp3) is 0.300. The minimum atomic E-state index is -3.65. The molecule has 0 bridgehead atoms. The van der Waals surface area contributed by atoms with Crippen molar-refractivity contribution in [2.75, 3.05) is 18.4 Å². The third-order valence-corrected chi connectivity index (χ3v) is 7.51. The first-order chi connectivity index (χ1) is 15.3. The van der Waals surface area contributed by atoms with Crippen molar-refractivity contribution < 1.29 is 17.6 Å². The van der Waals surface area contributed by atoms with E-state index in [2.05, 4.69) is 20.8 Å². The summed E-state index contributed by atoms with van der Waals surface area (Å²) < 4.78 is 42.4. The van der Waals surface area contributed by atoms with Crippen molar-refractivity contribution in [3.63, 3.8) is 0 Å². The van der Waals surface area contributed by atoms with Crippen molar-refractivity contribution in [1.82, 2.24) is 24.5 Å². The molecule has 0 unspecified atom stereocenters. The summed E-state index contributed by atoms with van der Waals surface area (Å²) in [6, 6.07) is 10.1. The van der Waals surface area contributed by atoms with Crippen LogP contribution in [0.5, 0.6) is 0 Å². The molecule has 0 spiro atoms. The predicted molar refractivity (Wildman–Crippen MR) is 115 cm³/mol. The molecule has 0 atom stereocenters. The summed E-state index contributed by atoms with van der Waals surface area (Å²) in [6.45, 7) is 2.08. The number of halogens is 2. The molecule has 1 aliphatic heterocycles. The average molecular weight is 479 g/mol. The van der Waals surface area contributed by atoms with Gasteiger partial charge in [-0.2, -0.15) is 8.99 Å². The van der Waals surface area contributed by atoms with Gasteiger partial charge in [0.1, 0.15) is 11.5 Å². The van der Waals surface area contributed by atoms with Crippen molar-refractivity contribution in [3.8, 4) is 5.69 Å². The minimum Gasteiger partial charge on any atom is -0.326 e. The molecule has 3 aromatic rings. The third-order valence-electron chi connectivity index (χ3n) is 5.34. The molecule has 1 fully saturated rings. The summed E-state index contributed by atoms with van der Waals surface area (Å²) in [5, 5.41) is 14.2. The number of piperidine rings is 1. The number of carbonyl (C=O) groups excluding carboxylic acids is 1. The molecule has 0 radical (unpaired) electrons. The zero-order valence-electron chi connectivity index (χ0n) is 17.1. The largest absolute Gasteiger partial charge is 0.326 e. The number of rotatable bonds is 5. The molecule has 0 saturated carbocycles. The number of nitrogens with zero attached hydrogens (tertiary/aromatic N) is 5. The quantitative estimate of drug-likeness (QED) is 0.603. The van der Waals surface area contributed by atoms with E-state index in [1.54, 1.807) is 6.92 Å². The molecule has 2 aromatic carbocycles.